The van der Waals surface area contributed by atoms with Crippen molar-refractivity contribution >= 4 is 12.3 Å². The molecule has 2 N–H and O–H groups in total. The molecule has 3 rings (SSSR count). The first-order chi connectivity index (χ1) is 10.8. The quantitative estimate of drug-likeness (QED) is 0.618. The molecule has 0 aromatic rings. The van der Waals surface area contributed by atoms with E-state index >= 15 is 0 Å². The van der Waals surface area contributed by atoms with Crippen LogP contribution in [0, 0.1) is 28.6 Å². The third kappa shape index (κ3) is 2.46. The van der Waals surface area contributed by atoms with Crippen LogP contribution in [0.2, 0.25) is 0 Å². The monoisotopic (exact) mass is 320 g/mol. The summed E-state index contributed by atoms with van der Waals surface area (Å²) in [6, 6.07) is 0. The van der Waals surface area contributed by atoms with E-state index in [9.17, 15) is 19.8 Å². The van der Waals surface area contributed by atoms with Gasteiger partial charge in [0.1, 0.15) is 6.29 Å². The summed E-state index contributed by atoms with van der Waals surface area (Å²) in [6.45, 7) is 4.12. The number of aliphatic hydroxyl groups is 1. The van der Waals surface area contributed by atoms with Crippen LogP contribution in [-0.2, 0) is 9.59 Å². The van der Waals surface area contributed by atoms with Crippen LogP contribution in [0.1, 0.15) is 58.8 Å². The van der Waals surface area contributed by atoms with Crippen LogP contribution in [0.5, 0.6) is 0 Å². The summed E-state index contributed by atoms with van der Waals surface area (Å²) in [5, 5.41) is 19.7. The van der Waals surface area contributed by atoms with Crippen LogP contribution in [0.4, 0.5) is 0 Å². The molecule has 4 nitrogen and oxygen atoms in total. The van der Waals surface area contributed by atoms with Crippen molar-refractivity contribution in [1.29, 1.82) is 0 Å². The first-order valence-corrected chi connectivity index (χ1v) is 8.87. The number of allylic oxidation sites excluding steroid dienone is 1. The zero-order valence-corrected chi connectivity index (χ0v) is 14.1. The molecule has 0 aromatic heterocycles. The zero-order chi connectivity index (χ0) is 16.8. The van der Waals surface area contributed by atoms with E-state index in [1.165, 1.54) is 5.57 Å². The second-order valence-electron chi connectivity index (χ2n) is 8.32. The molecular formula is C19H28O4. The number of carbonyl (C=O) groups is 2. The van der Waals surface area contributed by atoms with E-state index in [1.54, 1.807) is 0 Å². The highest BCUT2D eigenvalue weighted by Gasteiger charge is 2.56. The maximum Gasteiger partial charge on any atom is 0.309 e. The van der Waals surface area contributed by atoms with Crippen molar-refractivity contribution in [2.24, 2.45) is 28.6 Å². The lowest BCUT2D eigenvalue weighted by atomic mass is 9.47. The fourth-order valence-corrected chi connectivity index (χ4v) is 5.77. The number of carboxylic acids is 1. The summed E-state index contributed by atoms with van der Waals surface area (Å²) < 4.78 is 0. The Morgan fingerprint density at radius 1 is 1.35 bits per heavy atom. The van der Waals surface area contributed by atoms with Gasteiger partial charge >= 0.3 is 5.97 Å². The molecule has 2 fully saturated rings. The van der Waals surface area contributed by atoms with Gasteiger partial charge in [-0.15, -0.1) is 0 Å². The van der Waals surface area contributed by atoms with E-state index in [-0.39, 0.29) is 23.4 Å². The van der Waals surface area contributed by atoms with Crippen molar-refractivity contribution < 1.29 is 19.8 Å². The Kier molecular flexibility index (Phi) is 4.16. The number of aliphatic carboxylic acids is 1. The number of carboxylic acid groups (broad SMARTS) is 1. The molecule has 4 heteroatoms. The number of carbonyl (C=O) groups excluding carboxylic acids is 1. The lowest BCUT2D eigenvalue weighted by molar-refractivity contribution is -0.161. The van der Waals surface area contributed by atoms with Crippen molar-refractivity contribution in [2.45, 2.75) is 64.9 Å². The van der Waals surface area contributed by atoms with E-state index in [4.69, 9.17) is 0 Å². The van der Waals surface area contributed by atoms with Crippen LogP contribution in [-0.4, -0.2) is 28.6 Å². The number of aliphatic hydroxyl groups excluding tert-OH is 1. The summed E-state index contributed by atoms with van der Waals surface area (Å²) in [5.74, 6) is -0.147. The van der Waals surface area contributed by atoms with Gasteiger partial charge in [-0.25, -0.2) is 0 Å². The molecule has 0 aromatic carbocycles. The summed E-state index contributed by atoms with van der Waals surface area (Å²) in [4.78, 5) is 23.1. The fraction of sp³-hybridized carbons (Fsp3) is 0.789. The Bertz CT molecular complexity index is 539. The molecular weight excluding hydrogens is 292 g/mol. The lowest BCUT2D eigenvalue weighted by Crippen LogP contribution is -2.53. The number of fused-ring (bicyclic) bond motifs is 3. The molecule has 2 saturated carbocycles. The van der Waals surface area contributed by atoms with Crippen molar-refractivity contribution in [3.63, 3.8) is 0 Å². The number of aldehydes is 1. The second-order valence-corrected chi connectivity index (χ2v) is 8.32. The Morgan fingerprint density at radius 3 is 2.74 bits per heavy atom. The van der Waals surface area contributed by atoms with Crippen LogP contribution >= 0.6 is 0 Å². The standard InChI is InChI=1S/C19H28O4/c1-18-8-5-13(21)11-12(18)3-4-14-15(18)6-9-19(2,17(22)23)16(14)7-10-20/h3,10,13-16,21H,4-9,11H2,1-2H3,(H,22,23)/t13-,14+,15-,16-,18-,19-/m0/s1. The number of hydrogen-bond donors (Lipinski definition) is 2. The third-order valence-electron chi connectivity index (χ3n) is 7.31. The van der Waals surface area contributed by atoms with Crippen LogP contribution in [0.15, 0.2) is 11.6 Å². The van der Waals surface area contributed by atoms with E-state index in [2.05, 4.69) is 13.0 Å². The SMILES string of the molecule is C[C@]12CC[C@H](O)CC1=CC[C@@H]1[C@@H]2CC[C@](C)(C(=O)O)[C@H]1CC=O. The molecule has 0 spiro atoms. The molecule has 0 radical (unpaired) electrons. The van der Waals surface area contributed by atoms with Gasteiger partial charge in [0, 0.05) is 6.42 Å². The van der Waals surface area contributed by atoms with Gasteiger partial charge in [0.05, 0.1) is 11.5 Å². The van der Waals surface area contributed by atoms with Gasteiger partial charge in [0.2, 0.25) is 0 Å². The highest BCUT2D eigenvalue weighted by molar-refractivity contribution is 5.75. The van der Waals surface area contributed by atoms with Gasteiger partial charge in [-0.05, 0) is 68.6 Å². The smallest absolute Gasteiger partial charge is 0.309 e. The summed E-state index contributed by atoms with van der Waals surface area (Å²) >= 11 is 0. The van der Waals surface area contributed by atoms with E-state index in [0.717, 1.165) is 38.4 Å². The Hall–Kier alpha value is -1.16. The Balaban J connectivity index is 1.97. The molecule has 3 aliphatic carbocycles. The van der Waals surface area contributed by atoms with E-state index < -0.39 is 11.4 Å². The topological polar surface area (TPSA) is 74.6 Å². The molecule has 0 aliphatic heterocycles. The highest BCUT2D eigenvalue weighted by Crippen LogP contribution is 2.61. The van der Waals surface area contributed by atoms with Gasteiger partial charge in [-0.2, -0.15) is 0 Å². The van der Waals surface area contributed by atoms with Crippen molar-refractivity contribution in [3.8, 4) is 0 Å². The van der Waals surface area contributed by atoms with Gasteiger partial charge < -0.3 is 15.0 Å². The van der Waals surface area contributed by atoms with Crippen LogP contribution < -0.4 is 0 Å². The fourth-order valence-electron chi connectivity index (χ4n) is 5.77. The normalized spacial score (nSPS) is 46.3. The average molecular weight is 320 g/mol. The van der Waals surface area contributed by atoms with Gasteiger partial charge in [-0.3, -0.25) is 4.79 Å². The maximum atomic E-state index is 11.9. The van der Waals surface area contributed by atoms with Crippen LogP contribution in [0.3, 0.4) is 0 Å². The summed E-state index contributed by atoms with van der Waals surface area (Å²) in [5.41, 5.74) is 0.641. The third-order valence-corrected chi connectivity index (χ3v) is 7.31. The second kappa shape index (κ2) is 5.73. The lowest BCUT2D eigenvalue weighted by Gasteiger charge is -2.57. The molecule has 0 saturated heterocycles. The number of rotatable bonds is 3. The molecule has 6 atom stereocenters. The molecule has 0 heterocycles. The maximum absolute atomic E-state index is 11.9. The van der Waals surface area contributed by atoms with E-state index in [1.807, 2.05) is 6.92 Å². The molecule has 0 amide bonds. The molecule has 128 valence electrons. The predicted octanol–water partition coefficient (Wildman–Crippen LogP) is 3.19. The molecule has 23 heavy (non-hydrogen) atoms. The van der Waals surface area contributed by atoms with Crippen LogP contribution in [0.25, 0.3) is 0 Å². The minimum Gasteiger partial charge on any atom is -0.481 e. The summed E-state index contributed by atoms with van der Waals surface area (Å²) in [7, 11) is 0. The predicted molar refractivity (Wildman–Crippen MR) is 86.8 cm³/mol. The first-order valence-electron chi connectivity index (χ1n) is 8.87. The van der Waals surface area contributed by atoms with Crippen molar-refractivity contribution in [2.75, 3.05) is 0 Å². The Labute approximate surface area is 138 Å². The largest absolute Gasteiger partial charge is 0.481 e. The average Bonchev–Trinajstić information content (AvgIpc) is 2.50. The molecule has 3 aliphatic rings. The first kappa shape index (κ1) is 16.7. The van der Waals surface area contributed by atoms with Gasteiger partial charge in [0.15, 0.2) is 0 Å². The highest BCUT2D eigenvalue weighted by atomic mass is 16.4. The minimum absolute atomic E-state index is 0.0725. The minimum atomic E-state index is -0.794. The molecule has 0 bridgehead atoms. The number of hydrogen-bond acceptors (Lipinski definition) is 3. The van der Waals surface area contributed by atoms with Gasteiger partial charge in [0.25, 0.3) is 0 Å². The van der Waals surface area contributed by atoms with Crippen molar-refractivity contribution in [3.05, 3.63) is 11.6 Å². The summed E-state index contributed by atoms with van der Waals surface area (Å²) in [6.07, 6.45) is 8.22. The van der Waals surface area contributed by atoms with E-state index in [0.29, 0.717) is 18.8 Å². The van der Waals surface area contributed by atoms with Crippen molar-refractivity contribution in [1.82, 2.24) is 0 Å². The molecule has 0 unspecified atom stereocenters. The zero-order valence-electron chi connectivity index (χ0n) is 14.1. The Morgan fingerprint density at radius 2 is 2.09 bits per heavy atom. The van der Waals surface area contributed by atoms with Gasteiger partial charge in [-0.1, -0.05) is 18.6 Å².